The molecule has 1 heteroatoms. The van der Waals surface area contributed by atoms with Crippen LogP contribution in [0.4, 0.5) is 0 Å². The van der Waals surface area contributed by atoms with Crippen LogP contribution in [-0.4, -0.2) is 5.11 Å². The van der Waals surface area contributed by atoms with E-state index < -0.39 is 0 Å². The van der Waals surface area contributed by atoms with Crippen molar-refractivity contribution in [2.45, 2.75) is 86.5 Å². The molecule has 0 aliphatic heterocycles. The van der Waals surface area contributed by atoms with Crippen molar-refractivity contribution >= 4 is 0 Å². The third-order valence-corrected chi connectivity index (χ3v) is 4.39. The van der Waals surface area contributed by atoms with Gasteiger partial charge in [0, 0.05) is 0 Å². The molecule has 1 N–H and O–H groups in total. The SMILES string of the molecule is CCC.CCCC(CC)Cc1ccc(O)cc1.CCCc1ccc(C)cc1. The number of phenols is 1. The van der Waals surface area contributed by atoms with Gasteiger partial charge in [0.05, 0.1) is 0 Å². The lowest BCUT2D eigenvalue weighted by Crippen LogP contribution is -2.02. The summed E-state index contributed by atoms with van der Waals surface area (Å²) in [7, 11) is 0. The first kappa shape index (κ1) is 25.2. The van der Waals surface area contributed by atoms with Gasteiger partial charge in [-0.25, -0.2) is 0 Å². The molecule has 0 aromatic heterocycles. The summed E-state index contributed by atoms with van der Waals surface area (Å²) < 4.78 is 0. The Morgan fingerprint density at radius 2 is 1.26 bits per heavy atom. The van der Waals surface area contributed by atoms with Gasteiger partial charge in [0.15, 0.2) is 0 Å². The molecule has 2 aromatic rings. The Balaban J connectivity index is 0.000000455. The number of hydrogen-bond donors (Lipinski definition) is 1. The summed E-state index contributed by atoms with van der Waals surface area (Å²) in [5.74, 6) is 1.15. The highest BCUT2D eigenvalue weighted by atomic mass is 16.3. The Kier molecular flexibility index (Phi) is 15.3. The zero-order valence-corrected chi connectivity index (χ0v) is 18.6. The normalized spacial score (nSPS) is 10.9. The molecule has 1 nitrogen and oxygen atoms in total. The molecule has 0 spiro atoms. The molecule has 27 heavy (non-hydrogen) atoms. The van der Waals surface area contributed by atoms with Crippen LogP contribution in [-0.2, 0) is 12.8 Å². The Morgan fingerprint density at radius 3 is 1.70 bits per heavy atom. The summed E-state index contributed by atoms with van der Waals surface area (Å²) >= 11 is 0. The first-order chi connectivity index (χ1) is 13.0. The van der Waals surface area contributed by atoms with Gasteiger partial charge in [-0.3, -0.25) is 0 Å². The van der Waals surface area contributed by atoms with E-state index in [9.17, 15) is 0 Å². The molecule has 1 atom stereocenters. The minimum Gasteiger partial charge on any atom is -0.508 e. The smallest absolute Gasteiger partial charge is 0.115 e. The molecule has 0 fully saturated rings. The molecule has 0 heterocycles. The van der Waals surface area contributed by atoms with Crippen molar-refractivity contribution in [1.82, 2.24) is 0 Å². The Labute approximate surface area is 168 Å². The maximum atomic E-state index is 9.15. The van der Waals surface area contributed by atoms with Crippen molar-refractivity contribution in [1.29, 1.82) is 0 Å². The van der Waals surface area contributed by atoms with Crippen molar-refractivity contribution in [2.75, 3.05) is 0 Å². The van der Waals surface area contributed by atoms with Gasteiger partial charge in [0.25, 0.3) is 0 Å². The zero-order chi connectivity index (χ0) is 20.5. The first-order valence-corrected chi connectivity index (χ1v) is 10.8. The van der Waals surface area contributed by atoms with E-state index in [1.807, 2.05) is 12.1 Å². The number of benzene rings is 2. The zero-order valence-electron chi connectivity index (χ0n) is 18.6. The van der Waals surface area contributed by atoms with E-state index in [0.717, 1.165) is 12.3 Å². The van der Waals surface area contributed by atoms with Crippen molar-refractivity contribution in [3.8, 4) is 5.75 Å². The summed E-state index contributed by atoms with van der Waals surface area (Å²) in [5.41, 5.74) is 4.14. The summed E-state index contributed by atoms with van der Waals surface area (Å²) in [6, 6.07) is 16.3. The number of hydrogen-bond acceptors (Lipinski definition) is 1. The third-order valence-electron chi connectivity index (χ3n) is 4.39. The van der Waals surface area contributed by atoms with Crippen LogP contribution in [0.3, 0.4) is 0 Å². The molecule has 0 saturated heterocycles. The summed E-state index contributed by atoms with van der Waals surface area (Å²) in [5, 5.41) is 9.15. The predicted octanol–water partition coefficient (Wildman–Crippen LogP) is 8.12. The molecule has 2 aromatic carbocycles. The molecule has 0 bridgehead atoms. The third kappa shape index (κ3) is 13.1. The van der Waals surface area contributed by atoms with Crippen LogP contribution in [0.2, 0.25) is 0 Å². The van der Waals surface area contributed by atoms with Gasteiger partial charge in [0.2, 0.25) is 0 Å². The second-order valence-electron chi connectivity index (χ2n) is 7.38. The van der Waals surface area contributed by atoms with E-state index in [-0.39, 0.29) is 0 Å². The fraction of sp³-hybridized carbons (Fsp3) is 0.538. The highest BCUT2D eigenvalue weighted by molar-refractivity contribution is 5.26. The van der Waals surface area contributed by atoms with Gasteiger partial charge in [-0.05, 0) is 48.9 Å². The van der Waals surface area contributed by atoms with E-state index in [4.69, 9.17) is 5.11 Å². The topological polar surface area (TPSA) is 20.2 Å². The van der Waals surface area contributed by atoms with E-state index in [1.54, 1.807) is 12.1 Å². The predicted molar refractivity (Wildman–Crippen MR) is 122 cm³/mol. The molecular weight excluding hydrogens is 328 g/mol. The molecular formula is C26H42O. The van der Waals surface area contributed by atoms with Crippen LogP contribution in [0.1, 0.15) is 83.4 Å². The van der Waals surface area contributed by atoms with Crippen LogP contribution in [0, 0.1) is 12.8 Å². The van der Waals surface area contributed by atoms with Gasteiger partial charge >= 0.3 is 0 Å². The highest BCUT2D eigenvalue weighted by Crippen LogP contribution is 2.19. The Bertz CT molecular complexity index is 554. The second kappa shape index (κ2) is 16.4. The molecule has 1 unspecified atom stereocenters. The van der Waals surface area contributed by atoms with Gasteiger partial charge in [0.1, 0.15) is 5.75 Å². The molecule has 0 radical (unpaired) electrons. The van der Waals surface area contributed by atoms with Gasteiger partial charge in [-0.2, -0.15) is 0 Å². The monoisotopic (exact) mass is 370 g/mol. The van der Waals surface area contributed by atoms with Crippen LogP contribution in [0.15, 0.2) is 48.5 Å². The molecule has 152 valence electrons. The van der Waals surface area contributed by atoms with Crippen LogP contribution in [0.5, 0.6) is 5.75 Å². The van der Waals surface area contributed by atoms with Crippen molar-refractivity contribution < 1.29 is 5.11 Å². The average Bonchev–Trinajstić information content (AvgIpc) is 2.66. The van der Waals surface area contributed by atoms with E-state index in [1.165, 1.54) is 55.2 Å². The number of rotatable bonds is 7. The van der Waals surface area contributed by atoms with Gasteiger partial charge in [-0.1, -0.05) is 109 Å². The van der Waals surface area contributed by atoms with E-state index >= 15 is 0 Å². The molecule has 0 amide bonds. The fourth-order valence-electron chi connectivity index (χ4n) is 2.87. The standard InChI is InChI=1S/C13H20O.C10H14.C3H8/c1-3-5-11(4-2)10-12-6-8-13(14)9-7-12;1-3-4-10-7-5-9(2)6-8-10;1-3-2/h6-9,11,14H,3-5,10H2,1-2H3;5-8H,3-4H2,1-2H3;3H2,1-2H3. The van der Waals surface area contributed by atoms with Gasteiger partial charge < -0.3 is 5.11 Å². The maximum Gasteiger partial charge on any atom is 0.115 e. The molecule has 0 aliphatic carbocycles. The molecule has 2 rings (SSSR count). The lowest BCUT2D eigenvalue weighted by molar-refractivity contribution is 0.459. The quantitative estimate of drug-likeness (QED) is 0.521. The maximum absolute atomic E-state index is 9.15. The van der Waals surface area contributed by atoms with Crippen LogP contribution in [0.25, 0.3) is 0 Å². The minimum atomic E-state index is 0.359. The lowest BCUT2D eigenvalue weighted by Gasteiger charge is -2.13. The largest absolute Gasteiger partial charge is 0.508 e. The van der Waals surface area contributed by atoms with Crippen molar-refractivity contribution in [3.05, 3.63) is 65.2 Å². The van der Waals surface area contributed by atoms with Crippen molar-refractivity contribution in [3.63, 3.8) is 0 Å². The minimum absolute atomic E-state index is 0.359. The Hall–Kier alpha value is -1.76. The number of phenolic OH excluding ortho intramolecular Hbond substituents is 1. The first-order valence-electron chi connectivity index (χ1n) is 10.8. The average molecular weight is 371 g/mol. The molecule has 0 saturated carbocycles. The van der Waals surface area contributed by atoms with Crippen molar-refractivity contribution in [2.24, 2.45) is 5.92 Å². The van der Waals surface area contributed by atoms with Crippen LogP contribution < -0.4 is 0 Å². The van der Waals surface area contributed by atoms with E-state index in [2.05, 4.69) is 65.8 Å². The number of aromatic hydroxyl groups is 1. The Morgan fingerprint density at radius 1 is 0.741 bits per heavy atom. The van der Waals surface area contributed by atoms with Crippen LogP contribution >= 0.6 is 0 Å². The summed E-state index contributed by atoms with van der Waals surface area (Å²) in [4.78, 5) is 0. The van der Waals surface area contributed by atoms with E-state index in [0.29, 0.717) is 5.75 Å². The lowest BCUT2D eigenvalue weighted by atomic mass is 9.93. The molecule has 0 aliphatic rings. The van der Waals surface area contributed by atoms with Gasteiger partial charge in [-0.15, -0.1) is 0 Å². The number of aryl methyl sites for hydroxylation is 2. The summed E-state index contributed by atoms with van der Waals surface area (Å²) in [6.07, 6.45) is 8.65. The summed E-state index contributed by atoms with van der Waals surface area (Å²) in [6.45, 7) is 13.1. The highest BCUT2D eigenvalue weighted by Gasteiger charge is 2.05. The second-order valence-corrected chi connectivity index (χ2v) is 7.38. The fourth-order valence-corrected chi connectivity index (χ4v) is 2.87.